The summed E-state index contributed by atoms with van der Waals surface area (Å²) in [6, 6.07) is 22.4. The number of halogens is 2. The minimum atomic E-state index is 0. The van der Waals surface area contributed by atoms with Gasteiger partial charge in [-0.25, -0.2) is 0 Å². The highest BCUT2D eigenvalue weighted by atomic mass is 35.5. The smallest absolute Gasteiger partial charge is 0.0914 e. The normalized spacial score (nSPS) is 11.3. The molecular formula is C54H94Cl2N12O2. The van der Waals surface area contributed by atoms with E-state index < -0.39 is 0 Å². The summed E-state index contributed by atoms with van der Waals surface area (Å²) in [6.45, 7) is 16.8. The third-order valence-electron chi connectivity index (χ3n) is 10.9. The minimum Gasteiger partial charge on any atom is -0.382 e. The molecule has 16 heteroatoms. The van der Waals surface area contributed by atoms with Crippen LogP contribution in [0.4, 0.5) is 11.4 Å². The highest BCUT2D eigenvalue weighted by molar-refractivity contribution is 5.86. The number of nitrogen functional groups attached to an aromatic ring is 2. The van der Waals surface area contributed by atoms with Gasteiger partial charge in [-0.05, 0) is 209 Å². The van der Waals surface area contributed by atoms with Crippen LogP contribution in [0.1, 0.15) is 73.2 Å². The molecule has 0 saturated heterocycles. The Morgan fingerprint density at radius 1 is 0.557 bits per heavy atom. The third kappa shape index (κ3) is 31.1. The molecule has 2 unspecified atom stereocenters. The zero-order valence-electron chi connectivity index (χ0n) is 45.8. The summed E-state index contributed by atoms with van der Waals surface area (Å²) >= 11 is 0. The predicted octanol–water partition coefficient (Wildman–Crippen LogP) is 10.1. The van der Waals surface area contributed by atoms with Gasteiger partial charge in [-0.3, -0.25) is 21.7 Å². The van der Waals surface area contributed by atoms with E-state index in [0.29, 0.717) is 12.2 Å². The second-order valence-electron chi connectivity index (χ2n) is 18.5. The molecule has 6 aromatic rings. The summed E-state index contributed by atoms with van der Waals surface area (Å²) in [5, 5.41) is 1.37. The van der Waals surface area contributed by atoms with Crippen molar-refractivity contribution in [1.29, 1.82) is 0 Å². The van der Waals surface area contributed by atoms with Gasteiger partial charge in [-0.15, -0.1) is 24.8 Å². The maximum Gasteiger partial charge on any atom is 0.0914 e. The van der Waals surface area contributed by atoms with Crippen molar-refractivity contribution in [3.63, 3.8) is 0 Å². The summed E-state index contributed by atoms with van der Waals surface area (Å²) in [6.07, 6.45) is 13.6. The van der Waals surface area contributed by atoms with Crippen molar-refractivity contribution in [3.05, 3.63) is 119 Å². The first-order chi connectivity index (χ1) is 32.3. The van der Waals surface area contributed by atoms with E-state index in [2.05, 4.69) is 164 Å². The summed E-state index contributed by atoms with van der Waals surface area (Å²) < 4.78 is 10.2. The first kappa shape index (κ1) is 67.8. The lowest BCUT2D eigenvalue weighted by Crippen LogP contribution is -2.15. The molecular weight excluding hydrogens is 920 g/mol. The molecule has 0 aliphatic heterocycles. The van der Waals surface area contributed by atoms with Crippen LogP contribution in [0.5, 0.6) is 0 Å². The number of methoxy groups -OCH3 is 2. The van der Waals surface area contributed by atoms with Crippen molar-refractivity contribution >= 4 is 58.1 Å². The number of hydrazine groups is 2. The number of hydrogen-bond acceptors (Lipinski definition) is 12. The molecule has 0 amide bonds. The number of pyridine rings is 2. The van der Waals surface area contributed by atoms with E-state index in [0.717, 1.165) is 85.7 Å². The second kappa shape index (κ2) is 39.3. The molecule has 2 aromatic carbocycles. The van der Waals surface area contributed by atoms with E-state index in [1.165, 1.54) is 46.0 Å². The van der Waals surface area contributed by atoms with Gasteiger partial charge >= 0.3 is 0 Å². The number of likely N-dealkylation sites (N-methyl/N-ethyl adjacent to an activating group) is 2. The molecule has 0 fully saturated rings. The van der Waals surface area contributed by atoms with Crippen LogP contribution >= 0.6 is 24.8 Å². The molecule has 0 aliphatic carbocycles. The van der Waals surface area contributed by atoms with Crippen LogP contribution in [0.15, 0.2) is 85.3 Å². The van der Waals surface area contributed by atoms with Gasteiger partial charge in [0.15, 0.2) is 0 Å². The van der Waals surface area contributed by atoms with Gasteiger partial charge in [0, 0.05) is 67.7 Å². The van der Waals surface area contributed by atoms with Crippen molar-refractivity contribution in [3.8, 4) is 0 Å². The lowest BCUT2D eigenvalue weighted by atomic mass is 10.1. The molecule has 70 heavy (non-hydrogen) atoms. The number of anilines is 2. The number of aromatic nitrogens is 4. The Morgan fingerprint density at radius 2 is 1.00 bits per heavy atom. The van der Waals surface area contributed by atoms with Crippen LogP contribution in [0.2, 0.25) is 0 Å². The van der Waals surface area contributed by atoms with Crippen LogP contribution in [0.3, 0.4) is 0 Å². The lowest BCUT2D eigenvalue weighted by molar-refractivity contribution is 0.107. The number of aromatic amines is 2. The fraction of sp³-hybridized carbons (Fsp3) is 0.519. The van der Waals surface area contributed by atoms with Gasteiger partial charge < -0.3 is 49.9 Å². The molecule has 4 aromatic heterocycles. The quantitative estimate of drug-likeness (QED) is 0.0357. The maximum atomic E-state index is 5.15. The zero-order valence-corrected chi connectivity index (χ0v) is 47.4. The molecule has 0 aliphatic rings. The Morgan fingerprint density at radius 3 is 1.47 bits per heavy atom. The molecule has 8 N–H and O–H groups in total. The Bertz CT molecular complexity index is 2010. The number of nitrogens with one attached hydrogen (secondary N) is 4. The molecule has 6 rings (SSSR count). The summed E-state index contributed by atoms with van der Waals surface area (Å²) in [5.74, 6) is 10.3. The van der Waals surface area contributed by atoms with Crippen LogP contribution in [-0.2, 0) is 22.3 Å². The van der Waals surface area contributed by atoms with E-state index in [9.17, 15) is 0 Å². The minimum absolute atomic E-state index is 0. The number of benzene rings is 2. The molecule has 0 radical (unpaired) electrons. The van der Waals surface area contributed by atoms with Crippen LogP contribution in [-0.4, -0.2) is 149 Å². The summed E-state index contributed by atoms with van der Waals surface area (Å²) in [4.78, 5) is 23.9. The fourth-order valence-corrected chi connectivity index (χ4v) is 6.36. The van der Waals surface area contributed by atoms with Gasteiger partial charge in [0.25, 0.3) is 0 Å². The molecule has 396 valence electrons. The molecule has 4 heterocycles. The highest BCUT2D eigenvalue weighted by Gasteiger charge is 2.06. The van der Waals surface area contributed by atoms with Crippen molar-refractivity contribution in [1.82, 2.24) is 39.5 Å². The van der Waals surface area contributed by atoms with Crippen molar-refractivity contribution in [2.24, 2.45) is 11.7 Å². The monoisotopic (exact) mass is 1010 g/mol. The molecule has 0 spiro atoms. The molecule has 2 atom stereocenters. The van der Waals surface area contributed by atoms with Crippen molar-refractivity contribution < 1.29 is 9.47 Å². The molecule has 0 saturated carbocycles. The maximum absolute atomic E-state index is 5.15. The van der Waals surface area contributed by atoms with Gasteiger partial charge in [0.2, 0.25) is 0 Å². The average molecular weight is 1010 g/mol. The number of nitrogens with two attached hydrogens (primary N) is 2. The Kier molecular flexibility index (Phi) is 38.1. The average Bonchev–Trinajstić information content (AvgIpc) is 3.91. The Balaban J connectivity index is 0. The van der Waals surface area contributed by atoms with Gasteiger partial charge in [0.05, 0.1) is 35.1 Å². The van der Waals surface area contributed by atoms with Crippen molar-refractivity contribution in [2.45, 2.75) is 92.3 Å². The fourth-order valence-electron chi connectivity index (χ4n) is 6.36. The van der Waals surface area contributed by atoms with E-state index in [4.69, 9.17) is 21.2 Å². The number of rotatable bonds is 18. The molecule has 0 bridgehead atoms. The predicted molar refractivity (Wildman–Crippen MR) is 307 cm³/mol. The van der Waals surface area contributed by atoms with E-state index in [1.807, 2.05) is 63.2 Å². The number of hydrogen-bond donors (Lipinski definition) is 6. The SMILES string of the molecule is COC(C)CCCN(C)C.COC(C)CCCN(C)C.Cc1ccc(NN)cc1.Cc1ccc(NN)cn1.Cc1ccc2[nH]cc(CCN(C)C)c2c1.Cc1ccc2[nH]cc(CCN(C)C)c2n1.Cl.Cl. The van der Waals surface area contributed by atoms with Crippen molar-refractivity contribution in [2.75, 3.05) is 108 Å². The summed E-state index contributed by atoms with van der Waals surface area (Å²) in [7, 11) is 20.3. The summed E-state index contributed by atoms with van der Waals surface area (Å²) in [5.41, 5.74) is 17.7. The van der Waals surface area contributed by atoms with Gasteiger partial charge in [-0.2, -0.15) is 0 Å². The van der Waals surface area contributed by atoms with E-state index in [1.54, 1.807) is 20.4 Å². The van der Waals surface area contributed by atoms with Crippen LogP contribution < -0.4 is 22.5 Å². The Hall–Kier alpha value is -4.32. The number of nitrogens with zero attached hydrogens (tertiary/aromatic N) is 6. The van der Waals surface area contributed by atoms with Gasteiger partial charge in [0.1, 0.15) is 0 Å². The largest absolute Gasteiger partial charge is 0.382 e. The van der Waals surface area contributed by atoms with Crippen LogP contribution in [0, 0.1) is 27.7 Å². The first-order valence-corrected chi connectivity index (χ1v) is 23.9. The highest BCUT2D eigenvalue weighted by Crippen LogP contribution is 2.20. The van der Waals surface area contributed by atoms with E-state index in [-0.39, 0.29) is 24.8 Å². The Labute approximate surface area is 435 Å². The zero-order chi connectivity index (χ0) is 51.0. The number of ether oxygens (including phenoxy) is 2. The topological polar surface area (TPSA) is 165 Å². The van der Waals surface area contributed by atoms with Gasteiger partial charge in [-0.1, -0.05) is 29.3 Å². The lowest BCUT2D eigenvalue weighted by Gasteiger charge is -2.12. The molecule has 14 nitrogen and oxygen atoms in total. The second-order valence-corrected chi connectivity index (χ2v) is 18.5. The standard InChI is InChI=1S/C13H18N2.C12H17N3.2C8H19NO.C7H10N2.C6H9N3.2ClH/c1-10-4-5-13-12(8-10)11(9-14-13)6-7-15(2)3;1-9-4-5-11-12(14-9)10(8-13-11)6-7-15(2)3;2*1-8(10-4)6-5-7-9(2)3;1-6-2-4-7(9-8)5-3-6;1-5-2-3-6(9-7)4-8-5;;/h4-5,8-9,14H,6-7H2,1-3H3;4-5,8,13H,6-7H2,1-3H3;2*8H,5-7H2,1-4H3;2-5,9H,8H2,1H3;2-4,9H,7H2,1H3;2*1H. The first-order valence-electron chi connectivity index (χ1n) is 23.9. The number of aryl methyl sites for hydroxylation is 4. The van der Waals surface area contributed by atoms with Crippen LogP contribution in [0.25, 0.3) is 21.9 Å². The number of H-pyrrole nitrogens is 2. The van der Waals surface area contributed by atoms with E-state index >= 15 is 0 Å². The number of fused-ring (bicyclic) bond motifs is 2. The third-order valence-corrected chi connectivity index (χ3v) is 10.9.